The average Bonchev–Trinajstić information content (AvgIpc) is 3.13. The molecule has 2 aromatic carbocycles. The number of phenols is 1. The van der Waals surface area contributed by atoms with Crippen molar-refractivity contribution in [1.29, 1.82) is 0 Å². The summed E-state index contributed by atoms with van der Waals surface area (Å²) in [6, 6.07) is 10.4. The van der Waals surface area contributed by atoms with Gasteiger partial charge in [0, 0.05) is 12.3 Å². The van der Waals surface area contributed by atoms with E-state index in [1.807, 2.05) is 32.0 Å². The van der Waals surface area contributed by atoms with Gasteiger partial charge in [-0.25, -0.2) is 9.78 Å². The average molecular weight is 410 g/mol. The molecule has 0 fully saturated rings. The number of ether oxygens (including phenoxy) is 1. The summed E-state index contributed by atoms with van der Waals surface area (Å²) in [6.45, 7) is 7.22. The molecule has 29 heavy (non-hydrogen) atoms. The van der Waals surface area contributed by atoms with Crippen molar-refractivity contribution in [2.24, 2.45) is 0 Å². The molecule has 0 saturated carbocycles. The molecule has 0 radical (unpaired) electrons. The zero-order chi connectivity index (χ0) is 21.1. The second kappa shape index (κ2) is 8.45. The summed E-state index contributed by atoms with van der Waals surface area (Å²) >= 11 is 1.31. The summed E-state index contributed by atoms with van der Waals surface area (Å²) in [7, 11) is 0. The summed E-state index contributed by atoms with van der Waals surface area (Å²) in [5.74, 6) is -0.658. The van der Waals surface area contributed by atoms with Crippen LogP contribution in [0.4, 0.5) is 10.8 Å². The van der Waals surface area contributed by atoms with Crippen LogP contribution in [0.5, 0.6) is 5.75 Å². The Bertz CT molecular complexity index is 1070. The molecule has 150 valence electrons. The molecule has 7 heteroatoms. The summed E-state index contributed by atoms with van der Waals surface area (Å²) in [5, 5.41) is 12.0. The number of anilines is 2. The Morgan fingerprint density at radius 1 is 1.07 bits per heavy atom. The van der Waals surface area contributed by atoms with Gasteiger partial charge >= 0.3 is 5.97 Å². The third-order valence-corrected chi connectivity index (χ3v) is 5.47. The van der Waals surface area contributed by atoms with Crippen LogP contribution < -0.4 is 4.90 Å². The first-order chi connectivity index (χ1) is 13.8. The van der Waals surface area contributed by atoms with Crippen molar-refractivity contribution in [3.05, 3.63) is 69.7 Å². The van der Waals surface area contributed by atoms with Crippen molar-refractivity contribution in [3.8, 4) is 5.75 Å². The molecule has 0 spiro atoms. The zero-order valence-electron chi connectivity index (χ0n) is 16.7. The van der Waals surface area contributed by atoms with Crippen molar-refractivity contribution in [3.63, 3.8) is 0 Å². The van der Waals surface area contributed by atoms with Crippen LogP contribution in [-0.4, -0.2) is 22.0 Å². The molecule has 0 aliphatic heterocycles. The molecule has 1 aromatic heterocycles. The molecular formula is C22H22N2O4S. The Labute approximate surface area is 173 Å². The Balaban J connectivity index is 1.74. The van der Waals surface area contributed by atoms with E-state index in [0.717, 1.165) is 16.8 Å². The number of aromatic nitrogens is 1. The molecule has 3 aromatic rings. The van der Waals surface area contributed by atoms with Gasteiger partial charge in [0.05, 0.1) is 16.9 Å². The van der Waals surface area contributed by atoms with Crippen LogP contribution in [0.2, 0.25) is 0 Å². The summed E-state index contributed by atoms with van der Waals surface area (Å²) in [6.07, 6.45) is 0. The molecule has 1 heterocycles. The van der Waals surface area contributed by atoms with E-state index in [1.54, 1.807) is 29.3 Å². The lowest BCUT2D eigenvalue weighted by atomic mass is 10.1. The van der Waals surface area contributed by atoms with Gasteiger partial charge in [-0.3, -0.25) is 9.69 Å². The van der Waals surface area contributed by atoms with Crippen molar-refractivity contribution in [1.82, 2.24) is 4.98 Å². The quantitative estimate of drug-likeness (QED) is 0.610. The number of thiazole rings is 1. The summed E-state index contributed by atoms with van der Waals surface area (Å²) < 4.78 is 5.29. The topological polar surface area (TPSA) is 79.7 Å². The van der Waals surface area contributed by atoms with E-state index in [1.165, 1.54) is 24.3 Å². The lowest BCUT2D eigenvalue weighted by Crippen LogP contribution is -2.22. The predicted molar refractivity (Wildman–Crippen MR) is 113 cm³/mol. The fourth-order valence-corrected chi connectivity index (χ4v) is 3.59. The molecule has 0 unspecified atom stereocenters. The molecule has 3 rings (SSSR count). The highest BCUT2D eigenvalue weighted by molar-refractivity contribution is 7.14. The number of rotatable bonds is 5. The summed E-state index contributed by atoms with van der Waals surface area (Å²) in [4.78, 5) is 30.4. The van der Waals surface area contributed by atoms with Crippen LogP contribution in [-0.2, 0) is 16.1 Å². The van der Waals surface area contributed by atoms with Gasteiger partial charge in [-0.1, -0.05) is 12.1 Å². The molecule has 6 nitrogen and oxygen atoms in total. The van der Waals surface area contributed by atoms with Crippen molar-refractivity contribution < 1.29 is 19.4 Å². The van der Waals surface area contributed by atoms with E-state index < -0.39 is 5.97 Å². The van der Waals surface area contributed by atoms with E-state index in [4.69, 9.17) is 4.74 Å². The minimum Gasteiger partial charge on any atom is -0.508 e. The Kier molecular flexibility index (Phi) is 5.98. The van der Waals surface area contributed by atoms with Gasteiger partial charge in [0.25, 0.3) is 0 Å². The number of aromatic hydroxyl groups is 1. The Morgan fingerprint density at radius 2 is 1.79 bits per heavy atom. The fourth-order valence-electron chi connectivity index (χ4n) is 2.72. The van der Waals surface area contributed by atoms with E-state index >= 15 is 0 Å². The lowest BCUT2D eigenvalue weighted by Gasteiger charge is -2.19. The zero-order valence-corrected chi connectivity index (χ0v) is 17.5. The second-order valence-corrected chi connectivity index (χ2v) is 7.66. The van der Waals surface area contributed by atoms with Crippen LogP contribution in [0.1, 0.15) is 39.7 Å². The van der Waals surface area contributed by atoms with E-state index in [0.29, 0.717) is 16.4 Å². The van der Waals surface area contributed by atoms with Gasteiger partial charge in [-0.2, -0.15) is 0 Å². The molecule has 0 aliphatic carbocycles. The number of amides is 1. The molecule has 0 aliphatic rings. The van der Waals surface area contributed by atoms with E-state index in [2.05, 4.69) is 4.98 Å². The van der Waals surface area contributed by atoms with E-state index in [-0.39, 0.29) is 23.8 Å². The summed E-state index contributed by atoms with van der Waals surface area (Å²) in [5.41, 5.74) is 4.47. The fraction of sp³-hybridized carbons (Fsp3) is 0.227. The standard InChI is InChI=1S/C22H22N2O4S/c1-13-6-8-19(9-15(13)3)24(16(4)25)22-23-18(12-29-22)11-28-21(27)17-7-5-14(2)20(26)10-17/h5-10,12,26H,11H2,1-4H3. The van der Waals surface area contributed by atoms with E-state index in [9.17, 15) is 14.7 Å². The minimum absolute atomic E-state index is 0.0252. The first kappa shape index (κ1) is 20.5. The third-order valence-electron chi connectivity index (χ3n) is 4.59. The molecule has 1 N–H and O–H groups in total. The molecule has 0 bridgehead atoms. The van der Waals surface area contributed by atoms with Gasteiger partial charge in [0.2, 0.25) is 5.91 Å². The molecule has 0 atom stereocenters. The number of nitrogens with zero attached hydrogens (tertiary/aromatic N) is 2. The number of phenolic OH excluding ortho intramolecular Hbond substituents is 1. The SMILES string of the molecule is CC(=O)N(c1ccc(C)c(C)c1)c1nc(COC(=O)c2ccc(C)c(O)c2)cs1. The van der Waals surface area contributed by atoms with Crippen LogP contribution >= 0.6 is 11.3 Å². The van der Waals surface area contributed by atoms with Crippen LogP contribution in [0.15, 0.2) is 41.8 Å². The normalized spacial score (nSPS) is 10.6. The Morgan fingerprint density at radius 3 is 2.45 bits per heavy atom. The number of aryl methyl sites for hydroxylation is 3. The second-order valence-electron chi connectivity index (χ2n) is 6.82. The first-order valence-corrected chi connectivity index (χ1v) is 9.93. The molecule has 0 saturated heterocycles. The minimum atomic E-state index is -0.549. The molecule has 1 amide bonds. The smallest absolute Gasteiger partial charge is 0.338 e. The number of benzene rings is 2. The van der Waals surface area contributed by atoms with Crippen molar-refractivity contribution >= 4 is 34.0 Å². The molecular weight excluding hydrogens is 388 g/mol. The van der Waals surface area contributed by atoms with Gasteiger partial charge in [-0.05, 0) is 61.7 Å². The van der Waals surface area contributed by atoms with Gasteiger partial charge in [0.15, 0.2) is 5.13 Å². The first-order valence-electron chi connectivity index (χ1n) is 9.05. The maximum atomic E-state index is 12.2. The predicted octanol–water partition coefficient (Wildman–Crippen LogP) is 4.82. The monoisotopic (exact) mass is 410 g/mol. The van der Waals surface area contributed by atoms with Gasteiger partial charge in [0.1, 0.15) is 12.4 Å². The van der Waals surface area contributed by atoms with Crippen molar-refractivity contribution in [2.75, 3.05) is 4.90 Å². The van der Waals surface area contributed by atoms with Gasteiger partial charge < -0.3 is 9.84 Å². The maximum absolute atomic E-state index is 12.2. The number of esters is 1. The number of carbonyl (C=O) groups excluding carboxylic acids is 2. The lowest BCUT2D eigenvalue weighted by molar-refractivity contribution is -0.115. The van der Waals surface area contributed by atoms with Crippen LogP contribution in [0.3, 0.4) is 0 Å². The van der Waals surface area contributed by atoms with Gasteiger partial charge in [-0.15, -0.1) is 11.3 Å². The highest BCUT2D eigenvalue weighted by Crippen LogP contribution is 2.30. The highest BCUT2D eigenvalue weighted by atomic mass is 32.1. The van der Waals surface area contributed by atoms with Crippen molar-refractivity contribution in [2.45, 2.75) is 34.3 Å². The Hall–Kier alpha value is -3.19. The maximum Gasteiger partial charge on any atom is 0.338 e. The van der Waals surface area contributed by atoms with Crippen LogP contribution in [0.25, 0.3) is 0 Å². The third kappa shape index (κ3) is 4.63. The number of hydrogen-bond acceptors (Lipinski definition) is 6. The van der Waals surface area contributed by atoms with Crippen LogP contribution in [0, 0.1) is 20.8 Å². The number of hydrogen-bond donors (Lipinski definition) is 1. The highest BCUT2D eigenvalue weighted by Gasteiger charge is 2.19. The largest absolute Gasteiger partial charge is 0.508 e. The number of carbonyl (C=O) groups is 2.